The summed E-state index contributed by atoms with van der Waals surface area (Å²) in [5, 5.41) is 7.49. The molecule has 0 aliphatic heterocycles. The molecule has 0 aromatic carbocycles. The molecule has 0 spiro atoms. The van der Waals surface area contributed by atoms with Crippen LogP contribution in [0.3, 0.4) is 0 Å². The van der Waals surface area contributed by atoms with Gasteiger partial charge in [0.2, 0.25) is 0 Å². The van der Waals surface area contributed by atoms with Gasteiger partial charge in [-0.05, 0) is 62.0 Å². The molecule has 138 valence electrons. The molecule has 0 saturated heterocycles. The number of ether oxygens (including phenoxy) is 1. The molecule has 1 aliphatic rings. The minimum Gasteiger partial charge on any atom is -0.465 e. The Hall–Kier alpha value is -1.99. The summed E-state index contributed by atoms with van der Waals surface area (Å²) in [6.07, 6.45) is 8.34. The summed E-state index contributed by atoms with van der Waals surface area (Å²) >= 11 is 7.06. The fourth-order valence-electron chi connectivity index (χ4n) is 3.18. The maximum absolute atomic E-state index is 12.4. The van der Waals surface area contributed by atoms with Crippen molar-refractivity contribution < 1.29 is 9.53 Å². The summed E-state index contributed by atoms with van der Waals surface area (Å²) in [6.45, 7) is 1.97. The molecule has 7 heteroatoms. The Kier molecular flexibility index (Phi) is 6.21. The van der Waals surface area contributed by atoms with Gasteiger partial charge in [-0.15, -0.1) is 11.3 Å². The van der Waals surface area contributed by atoms with Gasteiger partial charge in [-0.25, -0.2) is 9.78 Å². The molecular formula is C19H23N3O2S2. The van der Waals surface area contributed by atoms with E-state index in [0.29, 0.717) is 16.5 Å². The number of thiophene rings is 1. The molecule has 2 heterocycles. The number of aryl methyl sites for hydroxylation is 2. The number of anilines is 2. The average Bonchev–Trinajstić information content (AvgIpc) is 2.92. The Labute approximate surface area is 163 Å². The van der Waals surface area contributed by atoms with Crippen LogP contribution >= 0.6 is 23.6 Å². The molecular weight excluding hydrogens is 366 g/mol. The van der Waals surface area contributed by atoms with Crippen molar-refractivity contribution in [1.29, 1.82) is 0 Å². The summed E-state index contributed by atoms with van der Waals surface area (Å²) in [5.41, 5.74) is 2.76. The zero-order valence-corrected chi connectivity index (χ0v) is 16.7. The topological polar surface area (TPSA) is 63.2 Å². The van der Waals surface area contributed by atoms with E-state index in [2.05, 4.69) is 15.6 Å². The highest BCUT2D eigenvalue weighted by atomic mass is 32.1. The maximum atomic E-state index is 12.4. The van der Waals surface area contributed by atoms with E-state index in [1.165, 1.54) is 24.8 Å². The number of methoxy groups -OCH3 is 1. The Morgan fingerprint density at radius 1 is 1.23 bits per heavy atom. The van der Waals surface area contributed by atoms with Crippen molar-refractivity contribution in [2.24, 2.45) is 0 Å². The van der Waals surface area contributed by atoms with E-state index >= 15 is 0 Å². The van der Waals surface area contributed by atoms with Crippen molar-refractivity contribution in [1.82, 2.24) is 4.98 Å². The lowest BCUT2D eigenvalue weighted by Gasteiger charge is -2.12. The fraction of sp³-hybridized carbons (Fsp3) is 0.421. The second kappa shape index (κ2) is 8.60. The van der Waals surface area contributed by atoms with Crippen LogP contribution in [0.4, 0.5) is 10.8 Å². The molecule has 2 aromatic rings. The lowest BCUT2D eigenvalue weighted by Crippen LogP contribution is -2.21. The van der Waals surface area contributed by atoms with Crippen molar-refractivity contribution >= 4 is 45.5 Å². The Morgan fingerprint density at radius 3 is 2.73 bits per heavy atom. The largest absolute Gasteiger partial charge is 0.465 e. The number of nitrogens with zero attached hydrogens (tertiary/aromatic N) is 1. The van der Waals surface area contributed by atoms with Crippen LogP contribution in [-0.4, -0.2) is 23.2 Å². The van der Waals surface area contributed by atoms with Crippen LogP contribution in [0.2, 0.25) is 0 Å². The van der Waals surface area contributed by atoms with Crippen LogP contribution in [0, 0.1) is 6.92 Å². The zero-order valence-electron chi connectivity index (χ0n) is 15.1. The highest BCUT2D eigenvalue weighted by molar-refractivity contribution is 7.80. The van der Waals surface area contributed by atoms with Crippen LogP contribution < -0.4 is 10.6 Å². The molecule has 2 aromatic heterocycles. The Balaban J connectivity index is 1.86. The molecule has 0 radical (unpaired) electrons. The van der Waals surface area contributed by atoms with Gasteiger partial charge in [-0.2, -0.15) is 0 Å². The van der Waals surface area contributed by atoms with Gasteiger partial charge >= 0.3 is 5.97 Å². The van der Waals surface area contributed by atoms with E-state index < -0.39 is 0 Å². The van der Waals surface area contributed by atoms with Gasteiger partial charge in [0.05, 0.1) is 12.7 Å². The van der Waals surface area contributed by atoms with E-state index in [1.807, 2.05) is 19.1 Å². The van der Waals surface area contributed by atoms with Gasteiger partial charge < -0.3 is 15.4 Å². The highest BCUT2D eigenvalue weighted by Gasteiger charge is 2.25. The number of rotatable bonds is 3. The van der Waals surface area contributed by atoms with Gasteiger partial charge in [0.25, 0.3) is 0 Å². The minimum atomic E-state index is -0.303. The number of fused-ring (bicyclic) bond motifs is 1. The Bertz CT molecular complexity index is 817. The molecule has 1 aliphatic carbocycles. The number of hydrogen-bond donors (Lipinski definition) is 2. The maximum Gasteiger partial charge on any atom is 0.341 e. The zero-order chi connectivity index (χ0) is 18.5. The third-order valence-electron chi connectivity index (χ3n) is 4.53. The average molecular weight is 390 g/mol. The molecule has 0 saturated carbocycles. The smallest absolute Gasteiger partial charge is 0.341 e. The molecule has 0 unspecified atom stereocenters. The van der Waals surface area contributed by atoms with Gasteiger partial charge in [-0.3, -0.25) is 0 Å². The number of nitrogens with one attached hydrogen (secondary N) is 2. The number of pyridine rings is 1. The first-order chi connectivity index (χ1) is 12.6. The highest BCUT2D eigenvalue weighted by Crippen LogP contribution is 2.37. The van der Waals surface area contributed by atoms with Crippen LogP contribution in [0.5, 0.6) is 0 Å². The summed E-state index contributed by atoms with van der Waals surface area (Å²) in [4.78, 5) is 18.0. The number of aromatic nitrogens is 1. The van der Waals surface area contributed by atoms with E-state index in [4.69, 9.17) is 17.0 Å². The number of carbonyl (C=O) groups excluding carboxylic acids is 1. The summed E-state index contributed by atoms with van der Waals surface area (Å²) in [5.74, 6) is 0.405. The van der Waals surface area contributed by atoms with E-state index in [-0.39, 0.29) is 5.97 Å². The molecule has 0 fully saturated rings. The van der Waals surface area contributed by atoms with E-state index in [9.17, 15) is 4.79 Å². The molecule has 3 rings (SSSR count). The minimum absolute atomic E-state index is 0.303. The van der Waals surface area contributed by atoms with Crippen molar-refractivity contribution in [2.45, 2.75) is 45.4 Å². The van der Waals surface area contributed by atoms with E-state index in [0.717, 1.165) is 41.8 Å². The summed E-state index contributed by atoms with van der Waals surface area (Å²) in [7, 11) is 1.42. The third-order valence-corrected chi connectivity index (χ3v) is 5.94. The van der Waals surface area contributed by atoms with Gasteiger partial charge in [0.15, 0.2) is 5.11 Å². The molecule has 0 amide bonds. The van der Waals surface area contributed by atoms with Gasteiger partial charge in [0.1, 0.15) is 10.8 Å². The summed E-state index contributed by atoms with van der Waals surface area (Å²) < 4.78 is 5.04. The van der Waals surface area contributed by atoms with E-state index in [1.54, 1.807) is 17.5 Å². The molecule has 2 N–H and O–H groups in total. The fourth-order valence-corrected chi connectivity index (χ4v) is 4.73. The molecule has 0 atom stereocenters. The Morgan fingerprint density at radius 2 is 2.00 bits per heavy atom. The first-order valence-corrected chi connectivity index (χ1v) is 10.0. The number of carbonyl (C=O) groups is 1. The quantitative estimate of drug-likeness (QED) is 0.586. The van der Waals surface area contributed by atoms with Gasteiger partial charge in [-0.1, -0.05) is 18.9 Å². The lowest BCUT2D eigenvalue weighted by molar-refractivity contribution is 0.0601. The molecule has 0 bridgehead atoms. The number of thiocarbonyl (C=S) groups is 1. The second-order valence-corrected chi connectivity index (χ2v) is 7.88. The second-order valence-electron chi connectivity index (χ2n) is 6.36. The SMILES string of the molecule is COC(=O)c1c(NC(=S)Nc2ncccc2C)sc2c1CCCCCC2. The lowest BCUT2D eigenvalue weighted by atomic mass is 9.96. The molecule has 26 heavy (non-hydrogen) atoms. The van der Waals surface area contributed by atoms with Crippen molar-refractivity contribution in [3.8, 4) is 0 Å². The van der Waals surface area contributed by atoms with Crippen molar-refractivity contribution in [3.05, 3.63) is 39.9 Å². The number of esters is 1. The normalized spacial score (nSPS) is 13.9. The first kappa shape index (κ1) is 18.8. The van der Waals surface area contributed by atoms with Crippen LogP contribution in [-0.2, 0) is 17.6 Å². The first-order valence-electron chi connectivity index (χ1n) is 8.82. The van der Waals surface area contributed by atoms with Crippen LogP contribution in [0.1, 0.15) is 52.0 Å². The monoisotopic (exact) mass is 389 g/mol. The van der Waals surface area contributed by atoms with Crippen LogP contribution in [0.25, 0.3) is 0 Å². The van der Waals surface area contributed by atoms with Crippen molar-refractivity contribution in [2.75, 3.05) is 17.7 Å². The predicted molar refractivity (Wildman–Crippen MR) is 110 cm³/mol. The summed E-state index contributed by atoms with van der Waals surface area (Å²) in [6, 6.07) is 3.85. The molecule has 5 nitrogen and oxygen atoms in total. The van der Waals surface area contributed by atoms with Gasteiger partial charge in [0, 0.05) is 11.1 Å². The standard InChI is InChI=1S/C19H23N3O2S2/c1-12-8-7-11-20-16(12)21-19(25)22-17-15(18(23)24-2)13-9-5-3-4-6-10-14(13)26-17/h7-8,11H,3-6,9-10H2,1-2H3,(H2,20,21,22,25). The number of hydrogen-bond acceptors (Lipinski definition) is 5. The predicted octanol–water partition coefficient (Wildman–Crippen LogP) is 4.71. The van der Waals surface area contributed by atoms with Crippen molar-refractivity contribution in [3.63, 3.8) is 0 Å². The van der Waals surface area contributed by atoms with Crippen LogP contribution in [0.15, 0.2) is 18.3 Å². The third kappa shape index (κ3) is 4.22.